The lowest BCUT2D eigenvalue weighted by Gasteiger charge is -2.32. The van der Waals surface area contributed by atoms with Crippen molar-refractivity contribution in [3.05, 3.63) is 0 Å². The van der Waals surface area contributed by atoms with Gasteiger partial charge in [-0.05, 0) is 49.9 Å². The fourth-order valence-electron chi connectivity index (χ4n) is 5.01. The van der Waals surface area contributed by atoms with Crippen LogP contribution in [-0.4, -0.2) is 12.7 Å². The van der Waals surface area contributed by atoms with Crippen molar-refractivity contribution in [2.75, 3.05) is 6.61 Å². The topological polar surface area (TPSA) is 9.23 Å². The van der Waals surface area contributed by atoms with Crippen LogP contribution in [0.15, 0.2) is 0 Å². The average molecular weight is 337 g/mol. The molecule has 142 valence electrons. The molecule has 0 N–H and O–H groups in total. The van der Waals surface area contributed by atoms with E-state index in [2.05, 4.69) is 13.8 Å². The van der Waals surface area contributed by atoms with Gasteiger partial charge in [-0.15, -0.1) is 0 Å². The standard InChI is InChI=1S/C23H44O/c1-3-5-6-7-8-20-9-11-21(12-10-20)13-14-22-15-17-23(18-16-22)24-19-4-2/h20-23H,3-19H2,1-2H3/t20-,21-,22-,23-. The first-order valence-corrected chi connectivity index (χ1v) is 11.4. The van der Waals surface area contributed by atoms with Crippen LogP contribution in [0.5, 0.6) is 0 Å². The molecular weight excluding hydrogens is 292 g/mol. The average Bonchev–Trinajstić information content (AvgIpc) is 2.64. The zero-order chi connectivity index (χ0) is 17.0. The molecule has 0 heterocycles. The van der Waals surface area contributed by atoms with E-state index in [1.807, 2.05) is 0 Å². The van der Waals surface area contributed by atoms with Gasteiger partial charge >= 0.3 is 0 Å². The van der Waals surface area contributed by atoms with Crippen molar-refractivity contribution < 1.29 is 4.74 Å². The smallest absolute Gasteiger partial charge is 0.0575 e. The maximum atomic E-state index is 5.93. The van der Waals surface area contributed by atoms with Crippen LogP contribution in [0.4, 0.5) is 0 Å². The van der Waals surface area contributed by atoms with E-state index in [-0.39, 0.29) is 0 Å². The molecule has 1 heteroatoms. The van der Waals surface area contributed by atoms with Crippen molar-refractivity contribution in [3.63, 3.8) is 0 Å². The first kappa shape index (κ1) is 20.3. The molecule has 0 unspecified atom stereocenters. The van der Waals surface area contributed by atoms with Crippen LogP contribution in [0.25, 0.3) is 0 Å². The first-order chi connectivity index (χ1) is 11.8. The molecule has 2 saturated carbocycles. The Morgan fingerprint density at radius 2 is 1.12 bits per heavy atom. The van der Waals surface area contributed by atoms with E-state index < -0.39 is 0 Å². The molecule has 0 aromatic rings. The Kier molecular flexibility index (Phi) is 10.4. The van der Waals surface area contributed by atoms with E-state index in [0.29, 0.717) is 6.10 Å². The van der Waals surface area contributed by atoms with Crippen molar-refractivity contribution in [1.29, 1.82) is 0 Å². The SMILES string of the molecule is CCCCCC[C@H]1CC[C@H](CC[C@H]2CC[C@H](OCCC)CC2)CC1. The summed E-state index contributed by atoms with van der Waals surface area (Å²) in [7, 11) is 0. The normalized spacial score (nSPS) is 31.2. The van der Waals surface area contributed by atoms with E-state index in [9.17, 15) is 0 Å². The highest BCUT2D eigenvalue weighted by Crippen LogP contribution is 2.37. The summed E-state index contributed by atoms with van der Waals surface area (Å²) >= 11 is 0. The van der Waals surface area contributed by atoms with Gasteiger partial charge in [-0.2, -0.15) is 0 Å². The number of hydrogen-bond acceptors (Lipinski definition) is 1. The second-order valence-corrected chi connectivity index (χ2v) is 8.83. The maximum absolute atomic E-state index is 5.93. The molecule has 0 radical (unpaired) electrons. The number of ether oxygens (including phenoxy) is 1. The van der Waals surface area contributed by atoms with E-state index >= 15 is 0 Å². The van der Waals surface area contributed by atoms with E-state index in [1.165, 1.54) is 103 Å². The van der Waals surface area contributed by atoms with Crippen LogP contribution in [0.2, 0.25) is 0 Å². The molecule has 24 heavy (non-hydrogen) atoms. The van der Waals surface area contributed by atoms with Gasteiger partial charge in [-0.25, -0.2) is 0 Å². The monoisotopic (exact) mass is 336 g/mol. The fourth-order valence-corrected chi connectivity index (χ4v) is 5.01. The molecule has 0 aromatic heterocycles. The van der Waals surface area contributed by atoms with Gasteiger partial charge < -0.3 is 4.74 Å². The van der Waals surface area contributed by atoms with Crippen LogP contribution < -0.4 is 0 Å². The Morgan fingerprint density at radius 1 is 0.583 bits per heavy atom. The predicted octanol–water partition coefficient (Wildman–Crippen LogP) is 7.53. The minimum absolute atomic E-state index is 0.587. The predicted molar refractivity (Wildman–Crippen MR) is 105 cm³/mol. The maximum Gasteiger partial charge on any atom is 0.0575 e. The summed E-state index contributed by atoms with van der Waals surface area (Å²) in [5, 5.41) is 0. The largest absolute Gasteiger partial charge is 0.378 e. The fraction of sp³-hybridized carbons (Fsp3) is 1.00. The van der Waals surface area contributed by atoms with Crippen molar-refractivity contribution in [2.24, 2.45) is 17.8 Å². The molecule has 1 nitrogen and oxygen atoms in total. The van der Waals surface area contributed by atoms with Crippen LogP contribution in [-0.2, 0) is 4.74 Å². The minimum Gasteiger partial charge on any atom is -0.378 e. The molecule has 2 aliphatic carbocycles. The van der Waals surface area contributed by atoms with Crippen molar-refractivity contribution in [1.82, 2.24) is 0 Å². The summed E-state index contributed by atoms with van der Waals surface area (Å²) < 4.78 is 5.93. The molecule has 0 aliphatic heterocycles. The lowest BCUT2D eigenvalue weighted by molar-refractivity contribution is 0.0167. The molecule has 0 atom stereocenters. The van der Waals surface area contributed by atoms with Gasteiger partial charge in [-0.3, -0.25) is 0 Å². The molecule has 2 fully saturated rings. The summed E-state index contributed by atoms with van der Waals surface area (Å²) in [6.07, 6.45) is 23.8. The summed E-state index contributed by atoms with van der Waals surface area (Å²) in [4.78, 5) is 0. The number of rotatable bonds is 11. The highest BCUT2D eigenvalue weighted by Gasteiger charge is 2.24. The number of unbranched alkanes of at least 4 members (excludes halogenated alkanes) is 3. The van der Waals surface area contributed by atoms with Gasteiger partial charge in [-0.1, -0.05) is 84.5 Å². The van der Waals surface area contributed by atoms with Crippen LogP contribution in [0, 0.1) is 17.8 Å². The van der Waals surface area contributed by atoms with Gasteiger partial charge in [0.2, 0.25) is 0 Å². The summed E-state index contributed by atoms with van der Waals surface area (Å²) in [6, 6.07) is 0. The Balaban J connectivity index is 1.49. The Labute approximate surface area is 152 Å². The van der Waals surface area contributed by atoms with Gasteiger partial charge in [0.15, 0.2) is 0 Å². The van der Waals surface area contributed by atoms with Gasteiger partial charge in [0.05, 0.1) is 6.10 Å². The third-order valence-corrected chi connectivity index (χ3v) is 6.77. The van der Waals surface area contributed by atoms with Crippen molar-refractivity contribution in [2.45, 2.75) is 123 Å². The summed E-state index contributed by atoms with van der Waals surface area (Å²) in [5.41, 5.74) is 0. The lowest BCUT2D eigenvalue weighted by atomic mass is 9.76. The quantitative estimate of drug-likeness (QED) is 0.354. The Hall–Kier alpha value is -0.0400. The third-order valence-electron chi connectivity index (χ3n) is 6.77. The Morgan fingerprint density at radius 3 is 1.67 bits per heavy atom. The van der Waals surface area contributed by atoms with Crippen LogP contribution in [0.1, 0.15) is 117 Å². The highest BCUT2D eigenvalue weighted by molar-refractivity contribution is 4.77. The lowest BCUT2D eigenvalue weighted by Crippen LogP contribution is -2.23. The molecule has 0 saturated heterocycles. The molecule has 0 aromatic carbocycles. The molecule has 0 bridgehead atoms. The molecular formula is C23H44O. The zero-order valence-electron chi connectivity index (χ0n) is 16.7. The second-order valence-electron chi connectivity index (χ2n) is 8.83. The molecule has 0 amide bonds. The zero-order valence-corrected chi connectivity index (χ0v) is 16.7. The van der Waals surface area contributed by atoms with E-state index in [0.717, 1.165) is 24.4 Å². The van der Waals surface area contributed by atoms with Crippen LogP contribution in [0.3, 0.4) is 0 Å². The first-order valence-electron chi connectivity index (χ1n) is 11.4. The van der Waals surface area contributed by atoms with Gasteiger partial charge in [0.1, 0.15) is 0 Å². The van der Waals surface area contributed by atoms with E-state index in [1.54, 1.807) is 0 Å². The van der Waals surface area contributed by atoms with Gasteiger partial charge in [0.25, 0.3) is 0 Å². The van der Waals surface area contributed by atoms with Crippen LogP contribution >= 0.6 is 0 Å². The second kappa shape index (κ2) is 12.3. The summed E-state index contributed by atoms with van der Waals surface area (Å²) in [6.45, 7) is 5.50. The number of hydrogen-bond donors (Lipinski definition) is 0. The van der Waals surface area contributed by atoms with Crippen molar-refractivity contribution >= 4 is 0 Å². The molecule has 0 spiro atoms. The Bertz CT molecular complexity index is 284. The van der Waals surface area contributed by atoms with Crippen molar-refractivity contribution in [3.8, 4) is 0 Å². The summed E-state index contributed by atoms with van der Waals surface area (Å²) in [5.74, 6) is 3.15. The van der Waals surface area contributed by atoms with E-state index in [4.69, 9.17) is 4.74 Å². The minimum atomic E-state index is 0.587. The molecule has 2 aliphatic rings. The van der Waals surface area contributed by atoms with Gasteiger partial charge in [0, 0.05) is 6.61 Å². The molecule has 2 rings (SSSR count). The highest BCUT2D eigenvalue weighted by atomic mass is 16.5. The third kappa shape index (κ3) is 7.89.